The van der Waals surface area contributed by atoms with Crippen LogP contribution in [0.1, 0.15) is 11.1 Å². The van der Waals surface area contributed by atoms with E-state index in [2.05, 4.69) is 51.5 Å². The van der Waals surface area contributed by atoms with Crippen molar-refractivity contribution < 1.29 is 4.74 Å². The zero-order valence-electron chi connectivity index (χ0n) is 11.7. The Bertz CT molecular complexity index is 746. The number of imidazole rings is 1. The number of aromatic nitrogens is 2. The third-order valence-electron chi connectivity index (χ3n) is 3.85. The van der Waals surface area contributed by atoms with Gasteiger partial charge in [-0.25, -0.2) is 4.98 Å². The van der Waals surface area contributed by atoms with Crippen molar-refractivity contribution in [2.24, 2.45) is 0 Å². The Hall–Kier alpha value is -2.07. The minimum atomic E-state index is 0.822. The monoisotopic (exact) mass is 296 g/mol. The van der Waals surface area contributed by atoms with Gasteiger partial charge in [0, 0.05) is 25.4 Å². The lowest BCUT2D eigenvalue weighted by molar-refractivity contribution is 0.357. The van der Waals surface area contributed by atoms with Crippen LogP contribution in [0.3, 0.4) is 0 Å². The number of fused-ring (bicyclic) bond motifs is 1. The van der Waals surface area contributed by atoms with Crippen molar-refractivity contribution in [2.45, 2.75) is 19.4 Å². The molecule has 3 nitrogen and oxygen atoms in total. The highest BCUT2D eigenvalue weighted by atomic mass is 32.1. The van der Waals surface area contributed by atoms with Gasteiger partial charge in [0.1, 0.15) is 11.6 Å². The predicted molar refractivity (Wildman–Crippen MR) is 84.9 cm³/mol. The Morgan fingerprint density at radius 3 is 3.19 bits per heavy atom. The predicted octanol–water partition coefficient (Wildman–Crippen LogP) is 3.79. The average molecular weight is 296 g/mol. The molecule has 4 rings (SSSR count). The van der Waals surface area contributed by atoms with E-state index in [9.17, 15) is 0 Å². The van der Waals surface area contributed by atoms with Crippen molar-refractivity contribution in [2.75, 3.05) is 6.61 Å². The molecular weight excluding hydrogens is 280 g/mol. The van der Waals surface area contributed by atoms with Crippen LogP contribution >= 0.6 is 11.3 Å². The molecule has 3 aromatic rings. The fraction of sp³-hybridized carbons (Fsp3) is 0.235. The third-order valence-corrected chi connectivity index (χ3v) is 4.72. The van der Waals surface area contributed by atoms with Crippen molar-refractivity contribution in [1.82, 2.24) is 9.55 Å². The lowest BCUT2D eigenvalue weighted by Gasteiger charge is -2.08. The largest absolute Gasteiger partial charge is 0.493 e. The zero-order chi connectivity index (χ0) is 14.1. The van der Waals surface area contributed by atoms with Crippen LogP contribution in [0.2, 0.25) is 0 Å². The first-order valence-electron chi connectivity index (χ1n) is 7.20. The molecule has 0 saturated heterocycles. The first-order valence-corrected chi connectivity index (χ1v) is 8.08. The highest BCUT2D eigenvalue weighted by molar-refractivity contribution is 7.13. The van der Waals surface area contributed by atoms with Crippen LogP contribution < -0.4 is 4.74 Å². The molecule has 0 radical (unpaired) electrons. The molecule has 106 valence electrons. The lowest BCUT2D eigenvalue weighted by Crippen LogP contribution is -2.02. The average Bonchev–Trinajstić information content (AvgIpc) is 3.24. The fourth-order valence-corrected chi connectivity index (χ4v) is 3.50. The van der Waals surface area contributed by atoms with Crippen molar-refractivity contribution in [3.63, 3.8) is 0 Å². The number of thiophene rings is 1. The van der Waals surface area contributed by atoms with E-state index in [1.54, 1.807) is 11.3 Å². The van der Waals surface area contributed by atoms with E-state index in [0.717, 1.165) is 37.6 Å². The number of hydrogen-bond acceptors (Lipinski definition) is 3. The number of aryl methyl sites for hydroxylation is 2. The molecular formula is C17H16N2OS. The molecule has 0 unspecified atom stereocenters. The Kier molecular flexibility index (Phi) is 3.24. The van der Waals surface area contributed by atoms with Gasteiger partial charge in [0.05, 0.1) is 11.5 Å². The van der Waals surface area contributed by atoms with E-state index in [1.165, 1.54) is 16.0 Å². The summed E-state index contributed by atoms with van der Waals surface area (Å²) in [5, 5.41) is 2.09. The minimum Gasteiger partial charge on any atom is -0.493 e. The van der Waals surface area contributed by atoms with E-state index < -0.39 is 0 Å². The summed E-state index contributed by atoms with van der Waals surface area (Å²) in [4.78, 5) is 5.71. The summed E-state index contributed by atoms with van der Waals surface area (Å²) < 4.78 is 7.79. The molecule has 0 fully saturated rings. The second-order valence-electron chi connectivity index (χ2n) is 5.21. The standard InChI is InChI=1S/C17H16N2OS/c1-2-16(21-11-1)17-18-7-9-19(17)8-5-13-3-4-15-14(12-13)6-10-20-15/h1-4,7,9,11-12H,5-6,8,10H2. The van der Waals surface area contributed by atoms with Crippen molar-refractivity contribution in [3.8, 4) is 16.5 Å². The molecule has 0 saturated carbocycles. The number of hydrogen-bond donors (Lipinski definition) is 0. The van der Waals surface area contributed by atoms with Gasteiger partial charge < -0.3 is 9.30 Å². The maximum atomic E-state index is 5.56. The second-order valence-corrected chi connectivity index (χ2v) is 6.16. The van der Waals surface area contributed by atoms with E-state index in [4.69, 9.17) is 4.74 Å². The van der Waals surface area contributed by atoms with Crippen LogP contribution in [0.25, 0.3) is 10.7 Å². The van der Waals surface area contributed by atoms with Gasteiger partial charge in [-0.15, -0.1) is 11.3 Å². The van der Waals surface area contributed by atoms with Crippen LogP contribution in [0.15, 0.2) is 48.1 Å². The molecule has 0 spiro atoms. The Morgan fingerprint density at radius 1 is 1.29 bits per heavy atom. The van der Waals surface area contributed by atoms with Gasteiger partial charge in [0.2, 0.25) is 0 Å². The van der Waals surface area contributed by atoms with Gasteiger partial charge >= 0.3 is 0 Å². The summed E-state index contributed by atoms with van der Waals surface area (Å²) in [6, 6.07) is 10.7. The maximum absolute atomic E-state index is 5.56. The van der Waals surface area contributed by atoms with Gasteiger partial charge in [-0.1, -0.05) is 18.2 Å². The molecule has 2 aromatic heterocycles. The number of rotatable bonds is 4. The number of benzene rings is 1. The lowest BCUT2D eigenvalue weighted by atomic mass is 10.1. The Labute approximate surface area is 127 Å². The SMILES string of the molecule is c1csc(-c2nccn2CCc2ccc3c(c2)CCO3)c1. The number of ether oxygens (including phenoxy) is 1. The Morgan fingerprint density at radius 2 is 2.29 bits per heavy atom. The summed E-state index contributed by atoms with van der Waals surface area (Å²) >= 11 is 1.73. The van der Waals surface area contributed by atoms with E-state index in [0.29, 0.717) is 0 Å². The number of nitrogens with zero attached hydrogens (tertiary/aromatic N) is 2. The Balaban J connectivity index is 1.51. The van der Waals surface area contributed by atoms with Gasteiger partial charge in [0.15, 0.2) is 0 Å². The molecule has 3 heterocycles. The summed E-state index contributed by atoms with van der Waals surface area (Å²) in [6.45, 7) is 1.77. The molecule has 1 aromatic carbocycles. The van der Waals surface area contributed by atoms with E-state index in [1.807, 2.05) is 6.20 Å². The third kappa shape index (κ3) is 2.47. The summed E-state index contributed by atoms with van der Waals surface area (Å²) in [5.41, 5.74) is 2.71. The van der Waals surface area contributed by atoms with E-state index in [-0.39, 0.29) is 0 Å². The topological polar surface area (TPSA) is 27.1 Å². The van der Waals surface area contributed by atoms with Gasteiger partial charge in [-0.3, -0.25) is 0 Å². The van der Waals surface area contributed by atoms with Gasteiger partial charge in [-0.05, 0) is 35.1 Å². The molecule has 0 bridgehead atoms. The van der Waals surface area contributed by atoms with Gasteiger partial charge in [-0.2, -0.15) is 0 Å². The highest BCUT2D eigenvalue weighted by Crippen LogP contribution is 2.27. The molecule has 0 N–H and O–H groups in total. The smallest absolute Gasteiger partial charge is 0.149 e. The van der Waals surface area contributed by atoms with Crippen LogP contribution in [0.5, 0.6) is 5.75 Å². The fourth-order valence-electron chi connectivity index (χ4n) is 2.77. The van der Waals surface area contributed by atoms with Gasteiger partial charge in [0.25, 0.3) is 0 Å². The molecule has 0 amide bonds. The second kappa shape index (κ2) is 5.37. The highest BCUT2D eigenvalue weighted by Gasteiger charge is 2.12. The summed E-state index contributed by atoms with van der Waals surface area (Å²) in [6.07, 6.45) is 5.99. The molecule has 0 atom stereocenters. The molecule has 21 heavy (non-hydrogen) atoms. The minimum absolute atomic E-state index is 0.822. The quantitative estimate of drug-likeness (QED) is 0.732. The van der Waals surface area contributed by atoms with Crippen molar-refractivity contribution in [3.05, 3.63) is 59.2 Å². The molecule has 4 heteroatoms. The van der Waals surface area contributed by atoms with Crippen molar-refractivity contribution >= 4 is 11.3 Å². The molecule has 1 aliphatic rings. The van der Waals surface area contributed by atoms with Crippen LogP contribution in [-0.4, -0.2) is 16.2 Å². The molecule has 0 aliphatic carbocycles. The van der Waals surface area contributed by atoms with Crippen LogP contribution in [0, 0.1) is 0 Å². The maximum Gasteiger partial charge on any atom is 0.149 e. The first-order chi connectivity index (χ1) is 10.4. The first kappa shape index (κ1) is 12.7. The normalized spacial score (nSPS) is 13.1. The van der Waals surface area contributed by atoms with Crippen molar-refractivity contribution in [1.29, 1.82) is 0 Å². The summed E-state index contributed by atoms with van der Waals surface area (Å²) in [5.74, 6) is 2.12. The van der Waals surface area contributed by atoms with E-state index >= 15 is 0 Å². The van der Waals surface area contributed by atoms with Crippen LogP contribution in [0.4, 0.5) is 0 Å². The van der Waals surface area contributed by atoms with Crippen LogP contribution in [-0.2, 0) is 19.4 Å². The zero-order valence-corrected chi connectivity index (χ0v) is 12.5. The molecule has 1 aliphatic heterocycles. The summed E-state index contributed by atoms with van der Waals surface area (Å²) in [7, 11) is 0.